The van der Waals surface area contributed by atoms with Crippen LogP contribution < -0.4 is 5.32 Å². The first-order valence-electron chi connectivity index (χ1n) is 5.60. The fourth-order valence-electron chi connectivity index (χ4n) is 1.14. The summed E-state index contributed by atoms with van der Waals surface area (Å²) in [7, 11) is 0. The quantitative estimate of drug-likeness (QED) is 0.854. The highest BCUT2D eigenvalue weighted by atomic mass is 32.2. The Morgan fingerprint density at radius 2 is 2.05 bits per heavy atom. The highest BCUT2D eigenvalue weighted by molar-refractivity contribution is 8.01. The Morgan fingerprint density at radius 1 is 1.26 bits per heavy atom. The third-order valence-electron chi connectivity index (χ3n) is 2.02. The molecule has 0 aromatic carbocycles. The summed E-state index contributed by atoms with van der Waals surface area (Å²) < 4.78 is 0.799. The molecule has 0 saturated heterocycles. The van der Waals surface area contributed by atoms with Gasteiger partial charge in [-0.1, -0.05) is 48.3 Å². The zero-order valence-corrected chi connectivity index (χ0v) is 13.2. The zero-order valence-electron chi connectivity index (χ0n) is 10.7. The number of aryl methyl sites for hydroxylation is 1. The summed E-state index contributed by atoms with van der Waals surface area (Å²) in [6.45, 7) is 5.97. The molecule has 9 heteroatoms. The van der Waals surface area contributed by atoms with Crippen LogP contribution in [0.3, 0.4) is 0 Å². The Kier molecular flexibility index (Phi) is 4.83. The number of nitrogens with one attached hydrogen (secondary N) is 1. The molecule has 0 bridgehead atoms. The molecule has 102 valence electrons. The topological polar surface area (TPSA) is 80.7 Å². The number of carbonyl (C=O) groups is 1. The van der Waals surface area contributed by atoms with Crippen molar-refractivity contribution in [1.29, 1.82) is 0 Å². The first kappa shape index (κ1) is 14.4. The summed E-state index contributed by atoms with van der Waals surface area (Å²) in [6.07, 6.45) is 0. The van der Waals surface area contributed by atoms with Gasteiger partial charge in [-0.15, -0.1) is 20.4 Å². The van der Waals surface area contributed by atoms with Crippen molar-refractivity contribution < 1.29 is 4.79 Å². The van der Waals surface area contributed by atoms with Crippen molar-refractivity contribution in [2.75, 3.05) is 11.1 Å². The van der Waals surface area contributed by atoms with Crippen LogP contribution in [-0.2, 0) is 4.79 Å². The molecule has 0 saturated carbocycles. The van der Waals surface area contributed by atoms with E-state index < -0.39 is 0 Å². The van der Waals surface area contributed by atoms with E-state index in [-0.39, 0.29) is 5.91 Å². The van der Waals surface area contributed by atoms with Gasteiger partial charge in [0.25, 0.3) is 0 Å². The number of nitrogens with zero attached hydrogens (tertiary/aromatic N) is 4. The Labute approximate surface area is 123 Å². The van der Waals surface area contributed by atoms with Crippen molar-refractivity contribution in [3.05, 3.63) is 10.0 Å². The molecule has 2 rings (SSSR count). The van der Waals surface area contributed by atoms with Crippen molar-refractivity contribution in [2.24, 2.45) is 0 Å². The van der Waals surface area contributed by atoms with E-state index in [4.69, 9.17) is 0 Å². The maximum Gasteiger partial charge on any atom is 0.236 e. The lowest BCUT2D eigenvalue weighted by Crippen LogP contribution is -2.13. The van der Waals surface area contributed by atoms with E-state index in [9.17, 15) is 4.79 Å². The number of hydrogen-bond donors (Lipinski definition) is 1. The van der Waals surface area contributed by atoms with Crippen molar-refractivity contribution >= 4 is 45.5 Å². The van der Waals surface area contributed by atoms with Crippen LogP contribution in [0.1, 0.15) is 29.8 Å². The molecule has 0 unspecified atom stereocenters. The summed E-state index contributed by atoms with van der Waals surface area (Å²) in [5, 5.41) is 20.9. The van der Waals surface area contributed by atoms with Gasteiger partial charge in [0, 0.05) is 5.92 Å². The molecule has 1 N–H and O–H groups in total. The highest BCUT2D eigenvalue weighted by Crippen LogP contribution is 2.24. The fraction of sp³-hybridized carbons (Fsp3) is 0.500. The van der Waals surface area contributed by atoms with Gasteiger partial charge in [0.1, 0.15) is 10.0 Å². The second-order valence-electron chi connectivity index (χ2n) is 4.02. The Bertz CT molecular complexity index is 565. The molecule has 0 atom stereocenters. The van der Waals surface area contributed by atoms with E-state index >= 15 is 0 Å². The summed E-state index contributed by atoms with van der Waals surface area (Å²) in [5.41, 5.74) is 0. The molecule has 0 aliphatic rings. The normalized spacial score (nSPS) is 10.9. The van der Waals surface area contributed by atoms with Crippen LogP contribution in [0.4, 0.5) is 5.13 Å². The molecule has 0 radical (unpaired) electrons. The second kappa shape index (κ2) is 6.40. The molecule has 2 aromatic heterocycles. The largest absolute Gasteiger partial charge is 0.300 e. The predicted octanol–water partition coefficient (Wildman–Crippen LogP) is 2.55. The molecule has 0 fully saturated rings. The smallest absolute Gasteiger partial charge is 0.236 e. The van der Waals surface area contributed by atoms with Gasteiger partial charge in [-0.25, -0.2) is 0 Å². The average molecular weight is 315 g/mol. The SMILES string of the molecule is Cc1nnc(SCC(=O)Nc2nnc(C(C)C)s2)s1. The summed E-state index contributed by atoms with van der Waals surface area (Å²) in [5.74, 6) is 0.511. The molecular weight excluding hydrogens is 302 g/mol. The summed E-state index contributed by atoms with van der Waals surface area (Å²) in [4.78, 5) is 11.7. The molecular formula is C10H13N5OS3. The van der Waals surface area contributed by atoms with Crippen LogP contribution in [0.2, 0.25) is 0 Å². The predicted molar refractivity (Wildman–Crippen MR) is 78.0 cm³/mol. The third-order valence-corrected chi connectivity index (χ3v) is 5.13. The van der Waals surface area contributed by atoms with E-state index in [1.54, 1.807) is 0 Å². The minimum atomic E-state index is -0.107. The minimum Gasteiger partial charge on any atom is -0.300 e. The lowest BCUT2D eigenvalue weighted by molar-refractivity contribution is -0.113. The standard InChI is InChI=1S/C10H13N5OS3/c1-5(2)8-13-14-9(19-8)11-7(16)4-17-10-15-12-6(3)18-10/h5H,4H2,1-3H3,(H,11,14,16). The van der Waals surface area contributed by atoms with Crippen LogP contribution in [0.5, 0.6) is 0 Å². The number of carbonyl (C=O) groups excluding carboxylic acids is 1. The third kappa shape index (κ3) is 4.22. The minimum absolute atomic E-state index is 0.107. The number of hydrogen-bond acceptors (Lipinski definition) is 8. The number of anilines is 1. The summed E-state index contributed by atoms with van der Waals surface area (Å²) in [6, 6.07) is 0. The number of rotatable bonds is 5. The van der Waals surface area contributed by atoms with Gasteiger partial charge in [-0.3, -0.25) is 10.1 Å². The van der Waals surface area contributed by atoms with Crippen LogP contribution in [0, 0.1) is 6.92 Å². The van der Waals surface area contributed by atoms with Gasteiger partial charge < -0.3 is 0 Å². The van der Waals surface area contributed by atoms with E-state index in [1.165, 1.54) is 34.4 Å². The second-order valence-corrected chi connectivity index (χ2v) is 7.44. The van der Waals surface area contributed by atoms with Crippen molar-refractivity contribution in [3.8, 4) is 0 Å². The molecule has 2 aromatic rings. The van der Waals surface area contributed by atoms with Gasteiger partial charge in [-0.2, -0.15) is 0 Å². The number of amides is 1. The van der Waals surface area contributed by atoms with Crippen LogP contribution in [-0.4, -0.2) is 32.1 Å². The van der Waals surface area contributed by atoms with E-state index in [0.29, 0.717) is 16.8 Å². The van der Waals surface area contributed by atoms with Crippen LogP contribution in [0.15, 0.2) is 4.34 Å². The van der Waals surface area contributed by atoms with Gasteiger partial charge in [0.05, 0.1) is 5.75 Å². The molecule has 0 spiro atoms. The molecule has 0 aliphatic carbocycles. The van der Waals surface area contributed by atoms with Gasteiger partial charge in [0.2, 0.25) is 11.0 Å². The van der Waals surface area contributed by atoms with E-state index in [2.05, 4.69) is 25.7 Å². The van der Waals surface area contributed by atoms with Crippen LogP contribution >= 0.6 is 34.4 Å². The first-order chi connectivity index (χ1) is 9.04. The monoisotopic (exact) mass is 315 g/mol. The van der Waals surface area contributed by atoms with Crippen molar-refractivity contribution in [1.82, 2.24) is 20.4 Å². The molecule has 0 aliphatic heterocycles. The average Bonchev–Trinajstić information content (AvgIpc) is 2.96. The zero-order chi connectivity index (χ0) is 13.8. The Balaban J connectivity index is 1.83. The van der Waals surface area contributed by atoms with E-state index in [0.717, 1.165) is 14.4 Å². The molecule has 6 nitrogen and oxygen atoms in total. The fourth-order valence-corrected chi connectivity index (χ4v) is 3.52. The van der Waals surface area contributed by atoms with Crippen molar-refractivity contribution in [2.45, 2.75) is 31.0 Å². The van der Waals surface area contributed by atoms with Gasteiger partial charge >= 0.3 is 0 Å². The maximum absolute atomic E-state index is 11.7. The van der Waals surface area contributed by atoms with E-state index in [1.807, 2.05) is 20.8 Å². The Hall–Kier alpha value is -1.06. The molecule has 19 heavy (non-hydrogen) atoms. The van der Waals surface area contributed by atoms with Crippen molar-refractivity contribution in [3.63, 3.8) is 0 Å². The first-order valence-corrected chi connectivity index (χ1v) is 8.22. The van der Waals surface area contributed by atoms with Gasteiger partial charge in [-0.05, 0) is 6.92 Å². The maximum atomic E-state index is 11.7. The Morgan fingerprint density at radius 3 is 2.63 bits per heavy atom. The number of aromatic nitrogens is 4. The van der Waals surface area contributed by atoms with Gasteiger partial charge in [0.15, 0.2) is 4.34 Å². The number of thioether (sulfide) groups is 1. The lowest BCUT2D eigenvalue weighted by atomic mass is 10.2. The molecule has 1 amide bonds. The summed E-state index contributed by atoms with van der Waals surface area (Å²) >= 11 is 4.26. The van der Waals surface area contributed by atoms with Crippen LogP contribution in [0.25, 0.3) is 0 Å². The highest BCUT2D eigenvalue weighted by Gasteiger charge is 2.11. The lowest BCUT2D eigenvalue weighted by Gasteiger charge is -1.98. The molecule has 2 heterocycles.